The predicted octanol–water partition coefficient (Wildman–Crippen LogP) is 5.35. The van der Waals surface area contributed by atoms with E-state index in [2.05, 4.69) is 6.92 Å². The van der Waals surface area contributed by atoms with E-state index in [1.165, 1.54) is 38.2 Å². The van der Waals surface area contributed by atoms with Gasteiger partial charge in [0.05, 0.1) is 0 Å². The van der Waals surface area contributed by atoms with Gasteiger partial charge in [-0.1, -0.05) is 69.4 Å². The van der Waals surface area contributed by atoms with Crippen LogP contribution in [0.2, 0.25) is 0 Å². The smallest absolute Gasteiger partial charge is 0.407 e. The number of halogens is 2. The second-order valence-corrected chi connectivity index (χ2v) is 7.32. The minimum absolute atomic E-state index is 0.347. The molecule has 144 valence electrons. The molecule has 1 fully saturated rings. The third kappa shape index (κ3) is 5.63. The zero-order chi connectivity index (χ0) is 19.1. The summed E-state index contributed by atoms with van der Waals surface area (Å²) in [5, 5.41) is 0. The topological polar surface area (TPSA) is 18.5 Å². The van der Waals surface area contributed by atoms with E-state index in [0.717, 1.165) is 36.7 Å². The fourth-order valence-electron chi connectivity index (χ4n) is 3.45. The molecule has 0 saturated carbocycles. The molecule has 2 nitrogen and oxygen atoms in total. The van der Waals surface area contributed by atoms with Gasteiger partial charge in [0, 0.05) is 19.1 Å². The first kappa shape index (κ1) is 20.0. The third-order valence-electron chi connectivity index (χ3n) is 5.12. The van der Waals surface area contributed by atoms with Crippen LogP contribution in [-0.2, 0) is 9.31 Å². The molecule has 0 atom stereocenters. The van der Waals surface area contributed by atoms with Crippen LogP contribution in [0.4, 0.5) is 8.78 Å². The summed E-state index contributed by atoms with van der Waals surface area (Å²) in [4.78, 5) is 0. The average Bonchev–Trinajstić information content (AvgIpc) is 2.71. The molecule has 0 spiro atoms. The molecule has 0 amide bonds. The van der Waals surface area contributed by atoms with Crippen molar-refractivity contribution in [2.24, 2.45) is 5.92 Å². The van der Waals surface area contributed by atoms with E-state index < -0.39 is 11.6 Å². The molecule has 0 radical (unpaired) electrons. The van der Waals surface area contributed by atoms with Crippen LogP contribution in [-0.4, -0.2) is 20.3 Å². The molecule has 0 N–H and O–H groups in total. The summed E-state index contributed by atoms with van der Waals surface area (Å²) in [7, 11) is -0.347. The van der Waals surface area contributed by atoms with E-state index in [-0.39, 0.29) is 7.12 Å². The molecule has 0 unspecified atom stereocenters. The van der Waals surface area contributed by atoms with Gasteiger partial charge in [0.15, 0.2) is 11.6 Å². The van der Waals surface area contributed by atoms with Gasteiger partial charge in [-0.2, -0.15) is 0 Å². The molecule has 1 saturated heterocycles. The second kappa shape index (κ2) is 10.0. The predicted molar refractivity (Wildman–Crippen MR) is 106 cm³/mol. The van der Waals surface area contributed by atoms with Crippen molar-refractivity contribution < 1.29 is 18.1 Å². The van der Waals surface area contributed by atoms with Crippen molar-refractivity contribution in [3.05, 3.63) is 54.1 Å². The van der Waals surface area contributed by atoms with Crippen LogP contribution in [0.15, 0.2) is 42.5 Å². The summed E-state index contributed by atoms with van der Waals surface area (Å²) >= 11 is 0. The molecule has 3 rings (SSSR count). The van der Waals surface area contributed by atoms with Gasteiger partial charge in [-0.25, -0.2) is 8.78 Å². The Morgan fingerprint density at radius 2 is 1.52 bits per heavy atom. The van der Waals surface area contributed by atoms with Crippen molar-refractivity contribution in [3.8, 4) is 11.1 Å². The molecule has 0 aliphatic carbocycles. The lowest BCUT2D eigenvalue weighted by Crippen LogP contribution is -2.44. The van der Waals surface area contributed by atoms with Gasteiger partial charge in [0.1, 0.15) is 0 Å². The summed E-state index contributed by atoms with van der Waals surface area (Å²) in [6.07, 6.45) is 7.60. The van der Waals surface area contributed by atoms with Crippen molar-refractivity contribution in [1.29, 1.82) is 0 Å². The molecule has 2 aromatic rings. The Morgan fingerprint density at radius 1 is 0.852 bits per heavy atom. The highest BCUT2D eigenvalue weighted by molar-refractivity contribution is 6.61. The van der Waals surface area contributed by atoms with E-state index in [9.17, 15) is 8.78 Å². The SMILES string of the molecule is CCCCCCCC1COB(c2ccc(-c3ccc(F)c(F)c3)cc2)OC1. The first-order valence-electron chi connectivity index (χ1n) is 9.96. The van der Waals surface area contributed by atoms with Crippen LogP contribution < -0.4 is 5.46 Å². The van der Waals surface area contributed by atoms with Gasteiger partial charge in [-0.05, 0) is 35.1 Å². The lowest BCUT2D eigenvalue weighted by atomic mass is 9.76. The minimum atomic E-state index is -0.837. The summed E-state index contributed by atoms with van der Waals surface area (Å²) in [6, 6.07) is 11.5. The van der Waals surface area contributed by atoms with Crippen LogP contribution in [0.25, 0.3) is 11.1 Å². The molecule has 5 heteroatoms. The van der Waals surface area contributed by atoms with Crippen LogP contribution in [0.5, 0.6) is 0 Å². The zero-order valence-electron chi connectivity index (χ0n) is 15.9. The number of unbranched alkanes of at least 4 members (excludes halogenated alkanes) is 4. The molecular formula is C22H27BF2O2. The highest BCUT2D eigenvalue weighted by Crippen LogP contribution is 2.22. The number of hydrogen-bond acceptors (Lipinski definition) is 2. The summed E-state index contributed by atoms with van der Waals surface area (Å²) in [5.41, 5.74) is 2.43. The first-order chi connectivity index (χ1) is 13.2. The maximum atomic E-state index is 13.4. The third-order valence-corrected chi connectivity index (χ3v) is 5.12. The number of rotatable bonds is 8. The van der Waals surface area contributed by atoms with E-state index in [4.69, 9.17) is 9.31 Å². The summed E-state index contributed by atoms with van der Waals surface area (Å²) in [5.74, 6) is -1.19. The van der Waals surface area contributed by atoms with Crippen LogP contribution in [0.3, 0.4) is 0 Å². The summed E-state index contributed by atoms with van der Waals surface area (Å²) in [6.45, 7) is 3.68. The second-order valence-electron chi connectivity index (χ2n) is 7.32. The lowest BCUT2D eigenvalue weighted by Gasteiger charge is -2.27. The standard InChI is InChI=1S/C22H27BF2O2/c1-2-3-4-5-6-7-17-15-26-23(27-16-17)20-11-8-18(9-12-20)19-10-13-21(24)22(25)14-19/h8-14,17H,2-7,15-16H2,1H3. The van der Waals surface area contributed by atoms with Crippen molar-refractivity contribution in [2.75, 3.05) is 13.2 Å². The fraction of sp³-hybridized carbons (Fsp3) is 0.455. The Kier molecular flexibility index (Phi) is 7.42. The highest BCUT2D eigenvalue weighted by atomic mass is 19.2. The summed E-state index contributed by atoms with van der Waals surface area (Å²) < 4.78 is 38.3. The zero-order valence-corrected chi connectivity index (χ0v) is 15.9. The monoisotopic (exact) mass is 372 g/mol. The molecule has 0 aromatic heterocycles. The molecular weight excluding hydrogens is 345 g/mol. The van der Waals surface area contributed by atoms with E-state index >= 15 is 0 Å². The molecule has 1 heterocycles. The Hall–Kier alpha value is -1.72. The quantitative estimate of drug-likeness (QED) is 0.459. The van der Waals surface area contributed by atoms with E-state index in [1.807, 2.05) is 24.3 Å². The maximum absolute atomic E-state index is 13.4. The Labute approximate surface area is 161 Å². The highest BCUT2D eigenvalue weighted by Gasteiger charge is 2.28. The molecule has 27 heavy (non-hydrogen) atoms. The Bertz CT molecular complexity index is 713. The molecule has 0 bridgehead atoms. The van der Waals surface area contributed by atoms with Crippen molar-refractivity contribution in [3.63, 3.8) is 0 Å². The fourth-order valence-corrected chi connectivity index (χ4v) is 3.45. The van der Waals surface area contributed by atoms with Gasteiger partial charge in [0.2, 0.25) is 0 Å². The van der Waals surface area contributed by atoms with Gasteiger partial charge >= 0.3 is 7.12 Å². The number of hydrogen-bond donors (Lipinski definition) is 0. The average molecular weight is 372 g/mol. The van der Waals surface area contributed by atoms with Crippen LogP contribution in [0, 0.1) is 17.6 Å². The van der Waals surface area contributed by atoms with Gasteiger partial charge < -0.3 is 9.31 Å². The van der Waals surface area contributed by atoms with E-state index in [0.29, 0.717) is 11.5 Å². The molecule has 1 aliphatic heterocycles. The van der Waals surface area contributed by atoms with Crippen LogP contribution in [0.1, 0.15) is 45.4 Å². The van der Waals surface area contributed by atoms with Crippen molar-refractivity contribution in [2.45, 2.75) is 45.4 Å². The molecule has 1 aliphatic rings. The van der Waals surface area contributed by atoms with Gasteiger partial charge in [0.25, 0.3) is 0 Å². The van der Waals surface area contributed by atoms with Gasteiger partial charge in [-0.15, -0.1) is 0 Å². The Balaban J connectivity index is 1.49. The van der Waals surface area contributed by atoms with Crippen molar-refractivity contribution in [1.82, 2.24) is 0 Å². The lowest BCUT2D eigenvalue weighted by molar-refractivity contribution is 0.0810. The maximum Gasteiger partial charge on any atom is 0.493 e. The molecule has 2 aromatic carbocycles. The minimum Gasteiger partial charge on any atom is -0.407 e. The Morgan fingerprint density at radius 3 is 2.19 bits per heavy atom. The number of benzene rings is 2. The van der Waals surface area contributed by atoms with Gasteiger partial charge in [-0.3, -0.25) is 0 Å². The largest absolute Gasteiger partial charge is 0.493 e. The van der Waals surface area contributed by atoms with E-state index in [1.54, 1.807) is 6.07 Å². The normalized spacial score (nSPS) is 15.3. The first-order valence-corrected chi connectivity index (χ1v) is 9.96. The van der Waals surface area contributed by atoms with Crippen molar-refractivity contribution >= 4 is 12.6 Å². The van der Waals surface area contributed by atoms with Crippen LogP contribution >= 0.6 is 0 Å².